The van der Waals surface area contributed by atoms with Crippen molar-refractivity contribution in [2.45, 2.75) is 32.1 Å². The maximum absolute atomic E-state index is 13.0. The predicted octanol–water partition coefficient (Wildman–Crippen LogP) is 5.72. The first-order valence-corrected chi connectivity index (χ1v) is 8.87. The van der Waals surface area contributed by atoms with Gasteiger partial charge in [-0.15, -0.1) is 0 Å². The molecular formula is C24H24O2. The molecule has 0 saturated carbocycles. The second-order valence-electron chi connectivity index (χ2n) is 7.45. The summed E-state index contributed by atoms with van der Waals surface area (Å²) >= 11 is 0. The van der Waals surface area contributed by atoms with Crippen LogP contribution in [0.1, 0.15) is 43.4 Å². The van der Waals surface area contributed by atoms with Crippen LogP contribution in [0.3, 0.4) is 0 Å². The van der Waals surface area contributed by atoms with E-state index in [0.29, 0.717) is 5.75 Å². The monoisotopic (exact) mass is 344 g/mol. The van der Waals surface area contributed by atoms with Crippen molar-refractivity contribution >= 4 is 5.97 Å². The quantitative estimate of drug-likeness (QED) is 0.447. The van der Waals surface area contributed by atoms with E-state index in [1.54, 1.807) is 0 Å². The van der Waals surface area contributed by atoms with E-state index in [-0.39, 0.29) is 11.4 Å². The molecule has 0 fully saturated rings. The van der Waals surface area contributed by atoms with Crippen LogP contribution in [0, 0.1) is 0 Å². The fourth-order valence-electron chi connectivity index (χ4n) is 2.95. The molecule has 0 aliphatic heterocycles. The zero-order chi connectivity index (χ0) is 18.6. The highest BCUT2D eigenvalue weighted by Gasteiger charge is 2.25. The highest BCUT2D eigenvalue weighted by atomic mass is 16.5. The van der Waals surface area contributed by atoms with E-state index in [4.69, 9.17) is 4.74 Å². The largest absolute Gasteiger partial charge is 0.426 e. The molecule has 2 heteroatoms. The van der Waals surface area contributed by atoms with Crippen molar-refractivity contribution in [1.29, 1.82) is 0 Å². The maximum Gasteiger partial charge on any atom is 0.323 e. The lowest BCUT2D eigenvalue weighted by atomic mass is 9.87. The van der Waals surface area contributed by atoms with Gasteiger partial charge in [-0.1, -0.05) is 93.6 Å². The second kappa shape index (κ2) is 7.57. The normalized spacial score (nSPS) is 11.4. The number of carbonyl (C=O) groups excluding carboxylic acids is 1. The molecule has 0 aromatic heterocycles. The van der Waals surface area contributed by atoms with Crippen LogP contribution in [0.5, 0.6) is 5.75 Å². The Morgan fingerprint density at radius 3 is 1.62 bits per heavy atom. The van der Waals surface area contributed by atoms with Gasteiger partial charge < -0.3 is 4.74 Å². The van der Waals surface area contributed by atoms with Crippen molar-refractivity contribution in [2.24, 2.45) is 0 Å². The van der Waals surface area contributed by atoms with Crippen LogP contribution in [-0.4, -0.2) is 5.97 Å². The fourth-order valence-corrected chi connectivity index (χ4v) is 2.95. The standard InChI is InChI=1S/C24H24O2/c1-24(2,3)20-14-16-21(17-15-20)26-23(25)22(18-10-6-4-7-11-18)19-12-8-5-9-13-19/h4-17,22H,1-3H3. The summed E-state index contributed by atoms with van der Waals surface area (Å²) in [5.74, 6) is -0.148. The fraction of sp³-hybridized carbons (Fsp3) is 0.208. The van der Waals surface area contributed by atoms with Crippen molar-refractivity contribution in [3.8, 4) is 5.75 Å². The molecule has 0 bridgehead atoms. The minimum atomic E-state index is -0.445. The lowest BCUT2D eigenvalue weighted by molar-refractivity contribution is -0.135. The Morgan fingerprint density at radius 2 is 1.19 bits per heavy atom. The highest BCUT2D eigenvalue weighted by Crippen LogP contribution is 2.28. The Labute approximate surface area is 155 Å². The van der Waals surface area contributed by atoms with Crippen molar-refractivity contribution in [1.82, 2.24) is 0 Å². The number of hydrogen-bond donors (Lipinski definition) is 0. The average Bonchev–Trinajstić information content (AvgIpc) is 2.63. The maximum atomic E-state index is 13.0. The molecule has 0 atom stereocenters. The lowest BCUT2D eigenvalue weighted by Gasteiger charge is -2.20. The number of rotatable bonds is 4. The van der Waals surface area contributed by atoms with Crippen LogP contribution in [0.2, 0.25) is 0 Å². The molecular weight excluding hydrogens is 320 g/mol. The molecule has 0 heterocycles. The third-order valence-corrected chi connectivity index (χ3v) is 4.44. The third kappa shape index (κ3) is 4.20. The van der Waals surface area contributed by atoms with Gasteiger partial charge in [-0.25, -0.2) is 0 Å². The molecule has 0 saturated heterocycles. The number of ether oxygens (including phenoxy) is 1. The molecule has 3 aromatic rings. The van der Waals surface area contributed by atoms with Gasteiger partial charge in [-0.2, -0.15) is 0 Å². The topological polar surface area (TPSA) is 26.3 Å². The minimum Gasteiger partial charge on any atom is -0.426 e. The molecule has 0 aliphatic carbocycles. The summed E-state index contributed by atoms with van der Waals surface area (Å²) in [4.78, 5) is 13.0. The molecule has 26 heavy (non-hydrogen) atoms. The van der Waals surface area contributed by atoms with Crippen molar-refractivity contribution in [3.63, 3.8) is 0 Å². The first kappa shape index (κ1) is 17.9. The summed E-state index contributed by atoms with van der Waals surface area (Å²) in [6.45, 7) is 6.48. The van der Waals surface area contributed by atoms with Gasteiger partial charge >= 0.3 is 5.97 Å². The lowest BCUT2D eigenvalue weighted by Crippen LogP contribution is -2.20. The SMILES string of the molecule is CC(C)(C)c1ccc(OC(=O)C(c2ccccc2)c2ccccc2)cc1. The van der Waals surface area contributed by atoms with Gasteiger partial charge in [-0.3, -0.25) is 4.79 Å². The van der Waals surface area contributed by atoms with Gasteiger partial charge in [0.05, 0.1) is 0 Å². The van der Waals surface area contributed by atoms with Crippen LogP contribution < -0.4 is 4.74 Å². The molecule has 0 unspecified atom stereocenters. The van der Waals surface area contributed by atoms with E-state index in [1.807, 2.05) is 84.9 Å². The minimum absolute atomic E-state index is 0.0686. The van der Waals surface area contributed by atoms with Crippen molar-refractivity contribution < 1.29 is 9.53 Å². The summed E-state index contributed by atoms with van der Waals surface area (Å²) in [6.07, 6.45) is 0. The van der Waals surface area contributed by atoms with E-state index in [0.717, 1.165) is 11.1 Å². The molecule has 0 aliphatic rings. The molecule has 2 nitrogen and oxygen atoms in total. The summed E-state index contributed by atoms with van der Waals surface area (Å²) in [5.41, 5.74) is 3.13. The van der Waals surface area contributed by atoms with Crippen LogP contribution in [0.25, 0.3) is 0 Å². The molecule has 3 rings (SSSR count). The number of hydrogen-bond acceptors (Lipinski definition) is 2. The first-order valence-electron chi connectivity index (χ1n) is 8.87. The van der Waals surface area contributed by atoms with Gasteiger partial charge in [-0.05, 0) is 34.2 Å². The van der Waals surface area contributed by atoms with Crippen LogP contribution in [0.15, 0.2) is 84.9 Å². The zero-order valence-corrected chi connectivity index (χ0v) is 15.5. The van der Waals surface area contributed by atoms with E-state index >= 15 is 0 Å². The summed E-state index contributed by atoms with van der Waals surface area (Å²) in [6, 6.07) is 27.3. The summed E-state index contributed by atoms with van der Waals surface area (Å²) < 4.78 is 5.71. The Balaban J connectivity index is 1.87. The number of carbonyl (C=O) groups is 1. The Morgan fingerprint density at radius 1 is 0.731 bits per heavy atom. The molecule has 0 N–H and O–H groups in total. The molecule has 132 valence electrons. The van der Waals surface area contributed by atoms with Crippen molar-refractivity contribution in [2.75, 3.05) is 0 Å². The number of esters is 1. The Bertz CT molecular complexity index is 805. The van der Waals surface area contributed by atoms with Gasteiger partial charge in [0.25, 0.3) is 0 Å². The van der Waals surface area contributed by atoms with E-state index in [2.05, 4.69) is 20.8 Å². The first-order chi connectivity index (χ1) is 12.4. The summed E-state index contributed by atoms with van der Waals surface area (Å²) in [7, 11) is 0. The van der Waals surface area contributed by atoms with Gasteiger partial charge in [0.1, 0.15) is 11.7 Å². The molecule has 3 aromatic carbocycles. The van der Waals surface area contributed by atoms with Gasteiger partial charge in [0.2, 0.25) is 0 Å². The summed E-state index contributed by atoms with van der Waals surface area (Å²) in [5, 5.41) is 0. The van der Waals surface area contributed by atoms with Crippen LogP contribution in [-0.2, 0) is 10.2 Å². The zero-order valence-electron chi connectivity index (χ0n) is 15.5. The molecule has 0 radical (unpaired) electrons. The average molecular weight is 344 g/mol. The predicted molar refractivity (Wildman–Crippen MR) is 106 cm³/mol. The second-order valence-corrected chi connectivity index (χ2v) is 7.45. The Kier molecular flexibility index (Phi) is 5.22. The number of benzene rings is 3. The molecule has 0 spiro atoms. The third-order valence-electron chi connectivity index (χ3n) is 4.44. The Hall–Kier alpha value is -2.87. The smallest absolute Gasteiger partial charge is 0.323 e. The molecule has 0 amide bonds. The van der Waals surface area contributed by atoms with E-state index in [9.17, 15) is 4.79 Å². The van der Waals surface area contributed by atoms with Crippen molar-refractivity contribution in [3.05, 3.63) is 102 Å². The van der Waals surface area contributed by atoms with E-state index in [1.165, 1.54) is 5.56 Å². The highest BCUT2D eigenvalue weighted by molar-refractivity contribution is 5.84. The van der Waals surface area contributed by atoms with Gasteiger partial charge in [0, 0.05) is 0 Å². The van der Waals surface area contributed by atoms with E-state index < -0.39 is 5.92 Å². The van der Waals surface area contributed by atoms with Gasteiger partial charge in [0.15, 0.2) is 0 Å². The van der Waals surface area contributed by atoms with Crippen LogP contribution in [0.4, 0.5) is 0 Å². The van der Waals surface area contributed by atoms with Crippen LogP contribution >= 0.6 is 0 Å².